The normalized spacial score (nSPS) is 9.89. The highest BCUT2D eigenvalue weighted by Crippen LogP contribution is 2.04. The smallest absolute Gasteiger partial charge is 0.325 e. The van der Waals surface area contributed by atoms with Gasteiger partial charge in [-0.3, -0.25) is 14.6 Å². The van der Waals surface area contributed by atoms with Gasteiger partial charge >= 0.3 is 5.97 Å². The summed E-state index contributed by atoms with van der Waals surface area (Å²) in [6, 6.07) is 3.38. The van der Waals surface area contributed by atoms with E-state index in [1.54, 1.807) is 25.3 Å². The molecule has 0 aromatic carbocycles. The quantitative estimate of drug-likeness (QED) is 0.718. The Labute approximate surface area is 107 Å². The van der Waals surface area contributed by atoms with Crippen molar-refractivity contribution in [3.05, 3.63) is 30.1 Å². The number of carbonyl (C=O) groups is 2. The predicted molar refractivity (Wildman–Crippen MR) is 67.1 cm³/mol. The van der Waals surface area contributed by atoms with Gasteiger partial charge in [0.25, 0.3) is 5.91 Å². The molecule has 0 aliphatic rings. The molecule has 5 heteroatoms. The van der Waals surface area contributed by atoms with Gasteiger partial charge in [-0.25, -0.2) is 0 Å². The topological polar surface area (TPSA) is 59.5 Å². The Morgan fingerprint density at radius 1 is 1.39 bits per heavy atom. The molecule has 0 fully saturated rings. The first-order valence-electron chi connectivity index (χ1n) is 6.04. The zero-order valence-corrected chi connectivity index (χ0v) is 10.8. The highest BCUT2D eigenvalue weighted by molar-refractivity contribution is 5.95. The van der Waals surface area contributed by atoms with Crippen molar-refractivity contribution in [2.24, 2.45) is 0 Å². The van der Waals surface area contributed by atoms with E-state index in [0.29, 0.717) is 18.7 Å². The molecule has 98 valence electrons. The highest BCUT2D eigenvalue weighted by Gasteiger charge is 2.18. The first-order valence-corrected chi connectivity index (χ1v) is 6.04. The molecule has 1 aromatic rings. The van der Waals surface area contributed by atoms with E-state index in [2.05, 4.69) is 4.98 Å². The average Bonchev–Trinajstić information content (AvgIpc) is 2.39. The van der Waals surface area contributed by atoms with Crippen molar-refractivity contribution in [1.82, 2.24) is 9.88 Å². The van der Waals surface area contributed by atoms with E-state index in [1.807, 2.05) is 6.92 Å². The molecule has 0 unspecified atom stereocenters. The van der Waals surface area contributed by atoms with Gasteiger partial charge in [-0.1, -0.05) is 6.92 Å². The van der Waals surface area contributed by atoms with Gasteiger partial charge in [0, 0.05) is 18.9 Å². The first kappa shape index (κ1) is 14.2. The molecule has 0 N–H and O–H groups in total. The third-order valence-corrected chi connectivity index (χ3v) is 2.31. The lowest BCUT2D eigenvalue weighted by Crippen LogP contribution is -2.37. The Hall–Kier alpha value is -1.91. The van der Waals surface area contributed by atoms with Crippen LogP contribution in [0.1, 0.15) is 30.6 Å². The van der Waals surface area contributed by atoms with Gasteiger partial charge in [0.2, 0.25) is 0 Å². The maximum Gasteiger partial charge on any atom is 0.325 e. The molecule has 1 heterocycles. The lowest BCUT2D eigenvalue weighted by atomic mass is 10.2. The second-order valence-corrected chi connectivity index (χ2v) is 3.77. The minimum absolute atomic E-state index is 0.0184. The van der Waals surface area contributed by atoms with E-state index >= 15 is 0 Å². The van der Waals surface area contributed by atoms with Crippen LogP contribution in [0, 0.1) is 0 Å². The molecule has 5 nitrogen and oxygen atoms in total. The van der Waals surface area contributed by atoms with Gasteiger partial charge in [-0.05, 0) is 25.5 Å². The van der Waals surface area contributed by atoms with Gasteiger partial charge in [-0.2, -0.15) is 0 Å². The fraction of sp³-hybridized carbons (Fsp3) is 0.462. The van der Waals surface area contributed by atoms with Crippen LogP contribution in [0.3, 0.4) is 0 Å². The number of nitrogens with zero attached hydrogens (tertiary/aromatic N) is 2. The minimum Gasteiger partial charge on any atom is -0.465 e. The van der Waals surface area contributed by atoms with Crippen LogP contribution in [0.25, 0.3) is 0 Å². The van der Waals surface area contributed by atoms with Gasteiger partial charge < -0.3 is 9.64 Å². The lowest BCUT2D eigenvalue weighted by molar-refractivity contribution is -0.143. The summed E-state index contributed by atoms with van der Waals surface area (Å²) >= 11 is 0. The fourth-order valence-electron chi connectivity index (χ4n) is 1.56. The van der Waals surface area contributed by atoms with Crippen LogP contribution in [-0.2, 0) is 9.53 Å². The average molecular weight is 250 g/mol. The van der Waals surface area contributed by atoms with Crippen molar-refractivity contribution in [1.29, 1.82) is 0 Å². The Morgan fingerprint density at radius 3 is 2.72 bits per heavy atom. The molecule has 0 atom stereocenters. The van der Waals surface area contributed by atoms with Crippen LogP contribution < -0.4 is 0 Å². The van der Waals surface area contributed by atoms with Crippen LogP contribution in [0.4, 0.5) is 0 Å². The number of pyridine rings is 1. The summed E-state index contributed by atoms with van der Waals surface area (Å²) in [5.74, 6) is -0.582. The van der Waals surface area contributed by atoms with Gasteiger partial charge in [0.15, 0.2) is 0 Å². The molecular weight excluding hydrogens is 232 g/mol. The van der Waals surface area contributed by atoms with Gasteiger partial charge in [0.1, 0.15) is 6.54 Å². The summed E-state index contributed by atoms with van der Waals surface area (Å²) < 4.78 is 4.86. The summed E-state index contributed by atoms with van der Waals surface area (Å²) in [4.78, 5) is 29.0. The predicted octanol–water partition coefficient (Wildman–Crippen LogP) is 1.50. The largest absolute Gasteiger partial charge is 0.465 e. The fourth-order valence-corrected chi connectivity index (χ4v) is 1.56. The van der Waals surface area contributed by atoms with E-state index in [4.69, 9.17) is 4.74 Å². The second kappa shape index (κ2) is 7.42. The molecular formula is C13H18N2O3. The van der Waals surface area contributed by atoms with Crippen LogP contribution in [-0.4, -0.2) is 41.5 Å². The Kier molecular flexibility index (Phi) is 5.84. The highest BCUT2D eigenvalue weighted by atomic mass is 16.5. The zero-order chi connectivity index (χ0) is 13.4. The third kappa shape index (κ3) is 4.16. The monoisotopic (exact) mass is 250 g/mol. The number of hydrogen-bond donors (Lipinski definition) is 0. The van der Waals surface area contributed by atoms with E-state index in [1.165, 1.54) is 11.1 Å². The zero-order valence-electron chi connectivity index (χ0n) is 10.8. The van der Waals surface area contributed by atoms with Crippen LogP contribution in [0.2, 0.25) is 0 Å². The molecule has 0 aliphatic heterocycles. The number of rotatable bonds is 6. The molecule has 0 bridgehead atoms. The SMILES string of the molecule is CCCN(CC(=O)OCC)C(=O)c1cccnc1. The summed E-state index contributed by atoms with van der Waals surface area (Å²) in [6.07, 6.45) is 3.88. The lowest BCUT2D eigenvalue weighted by Gasteiger charge is -2.20. The minimum atomic E-state index is -0.386. The molecule has 1 aromatic heterocycles. The summed E-state index contributed by atoms with van der Waals surface area (Å²) in [5.41, 5.74) is 0.482. The van der Waals surface area contributed by atoms with Crippen LogP contribution in [0.15, 0.2) is 24.5 Å². The van der Waals surface area contributed by atoms with Crippen LogP contribution in [0.5, 0.6) is 0 Å². The maximum absolute atomic E-state index is 12.2. The van der Waals surface area contributed by atoms with E-state index in [0.717, 1.165) is 6.42 Å². The van der Waals surface area contributed by atoms with Gasteiger partial charge in [-0.15, -0.1) is 0 Å². The number of hydrogen-bond acceptors (Lipinski definition) is 4. The molecule has 0 spiro atoms. The van der Waals surface area contributed by atoms with Crippen molar-refractivity contribution in [2.75, 3.05) is 19.7 Å². The molecule has 0 saturated carbocycles. The number of amides is 1. The number of esters is 1. The van der Waals surface area contributed by atoms with Crippen molar-refractivity contribution in [3.63, 3.8) is 0 Å². The maximum atomic E-state index is 12.2. The Bertz CT molecular complexity index is 392. The first-order chi connectivity index (χ1) is 8.69. The summed E-state index contributed by atoms with van der Waals surface area (Å²) in [7, 11) is 0. The number of ether oxygens (including phenoxy) is 1. The summed E-state index contributed by atoms with van der Waals surface area (Å²) in [6.45, 7) is 4.52. The van der Waals surface area contributed by atoms with Gasteiger partial charge in [0.05, 0.1) is 12.2 Å². The molecule has 1 amide bonds. The Morgan fingerprint density at radius 2 is 2.17 bits per heavy atom. The van der Waals surface area contributed by atoms with E-state index in [9.17, 15) is 9.59 Å². The van der Waals surface area contributed by atoms with Crippen molar-refractivity contribution < 1.29 is 14.3 Å². The van der Waals surface area contributed by atoms with Crippen molar-refractivity contribution in [3.8, 4) is 0 Å². The summed E-state index contributed by atoms with van der Waals surface area (Å²) in [5, 5.41) is 0. The van der Waals surface area contributed by atoms with Crippen LogP contribution >= 0.6 is 0 Å². The third-order valence-electron chi connectivity index (χ3n) is 2.31. The number of carbonyl (C=O) groups excluding carboxylic acids is 2. The molecule has 1 rings (SSSR count). The molecule has 0 saturated heterocycles. The second-order valence-electron chi connectivity index (χ2n) is 3.77. The molecule has 0 aliphatic carbocycles. The standard InChI is InChI=1S/C13H18N2O3/c1-3-8-15(10-12(16)18-4-2)13(17)11-6-5-7-14-9-11/h5-7,9H,3-4,8,10H2,1-2H3. The van der Waals surface area contributed by atoms with Crippen molar-refractivity contribution in [2.45, 2.75) is 20.3 Å². The van der Waals surface area contributed by atoms with Crippen molar-refractivity contribution >= 4 is 11.9 Å². The van der Waals surface area contributed by atoms with E-state index in [-0.39, 0.29) is 18.4 Å². The molecule has 0 radical (unpaired) electrons. The molecule has 18 heavy (non-hydrogen) atoms. The number of aromatic nitrogens is 1. The Balaban J connectivity index is 2.72. The van der Waals surface area contributed by atoms with E-state index < -0.39 is 0 Å².